The van der Waals surface area contributed by atoms with Crippen LogP contribution < -0.4 is 5.32 Å². The molecule has 0 aliphatic carbocycles. The lowest BCUT2D eigenvalue weighted by Crippen LogP contribution is -2.46. The van der Waals surface area contributed by atoms with Crippen molar-refractivity contribution in [3.63, 3.8) is 0 Å². The average Bonchev–Trinajstić information content (AvgIpc) is 2.28. The molecule has 0 radical (unpaired) electrons. The molecular formula is C15H25N. The predicted octanol–water partition coefficient (Wildman–Crippen LogP) is 3.96. The highest BCUT2D eigenvalue weighted by Gasteiger charge is 2.21. The first kappa shape index (κ1) is 13.2. The fraction of sp³-hybridized carbons (Fsp3) is 0.600. The zero-order valence-corrected chi connectivity index (χ0v) is 11.2. The van der Waals surface area contributed by atoms with Crippen LogP contribution in [0.5, 0.6) is 0 Å². The highest BCUT2D eigenvalue weighted by molar-refractivity contribution is 5.20. The standard InChI is InChI=1S/C15H25N/c1-6-15(4,5)16-13(3)12(2)14-10-8-7-9-11-14/h7-13,16H,6H2,1-5H3. The molecule has 0 fully saturated rings. The summed E-state index contributed by atoms with van der Waals surface area (Å²) in [4.78, 5) is 0. The van der Waals surface area contributed by atoms with Crippen LogP contribution in [0.4, 0.5) is 0 Å². The summed E-state index contributed by atoms with van der Waals surface area (Å²) in [6.45, 7) is 11.3. The van der Waals surface area contributed by atoms with E-state index in [9.17, 15) is 0 Å². The molecule has 0 saturated carbocycles. The molecular weight excluding hydrogens is 194 g/mol. The molecule has 0 aliphatic rings. The van der Waals surface area contributed by atoms with Crippen molar-refractivity contribution in [2.75, 3.05) is 0 Å². The van der Waals surface area contributed by atoms with E-state index < -0.39 is 0 Å². The Kier molecular flexibility index (Phi) is 4.55. The highest BCUT2D eigenvalue weighted by Crippen LogP contribution is 2.21. The van der Waals surface area contributed by atoms with E-state index in [-0.39, 0.29) is 5.54 Å². The van der Waals surface area contributed by atoms with Crippen LogP contribution in [0.25, 0.3) is 0 Å². The smallest absolute Gasteiger partial charge is 0.0125 e. The number of hydrogen-bond donors (Lipinski definition) is 1. The van der Waals surface area contributed by atoms with Crippen molar-refractivity contribution in [3.8, 4) is 0 Å². The van der Waals surface area contributed by atoms with E-state index in [2.05, 4.69) is 70.3 Å². The van der Waals surface area contributed by atoms with Crippen LogP contribution in [-0.2, 0) is 0 Å². The van der Waals surface area contributed by atoms with Crippen molar-refractivity contribution >= 4 is 0 Å². The molecule has 90 valence electrons. The van der Waals surface area contributed by atoms with Crippen molar-refractivity contribution < 1.29 is 0 Å². The van der Waals surface area contributed by atoms with Crippen LogP contribution in [0.3, 0.4) is 0 Å². The number of nitrogens with one attached hydrogen (secondary N) is 1. The van der Waals surface area contributed by atoms with E-state index in [4.69, 9.17) is 0 Å². The van der Waals surface area contributed by atoms with Gasteiger partial charge in [0.1, 0.15) is 0 Å². The molecule has 1 nitrogen and oxygen atoms in total. The first-order valence-corrected chi connectivity index (χ1v) is 6.29. The van der Waals surface area contributed by atoms with Gasteiger partial charge in [-0.3, -0.25) is 0 Å². The van der Waals surface area contributed by atoms with Gasteiger partial charge in [0, 0.05) is 11.6 Å². The highest BCUT2D eigenvalue weighted by atomic mass is 15.0. The molecule has 0 aliphatic heterocycles. The van der Waals surface area contributed by atoms with Gasteiger partial charge < -0.3 is 5.32 Å². The van der Waals surface area contributed by atoms with E-state index in [0.29, 0.717) is 12.0 Å². The number of rotatable bonds is 5. The van der Waals surface area contributed by atoms with Crippen LogP contribution in [0.2, 0.25) is 0 Å². The van der Waals surface area contributed by atoms with Crippen LogP contribution in [0, 0.1) is 0 Å². The summed E-state index contributed by atoms with van der Waals surface area (Å²) >= 11 is 0. The Labute approximate surface area is 100 Å². The molecule has 1 N–H and O–H groups in total. The van der Waals surface area contributed by atoms with E-state index in [1.54, 1.807) is 0 Å². The van der Waals surface area contributed by atoms with Crippen molar-refractivity contribution in [3.05, 3.63) is 35.9 Å². The molecule has 1 heteroatoms. The second-order valence-electron chi connectivity index (χ2n) is 5.37. The van der Waals surface area contributed by atoms with E-state index in [1.165, 1.54) is 5.56 Å². The molecule has 2 unspecified atom stereocenters. The van der Waals surface area contributed by atoms with Gasteiger partial charge in [0.15, 0.2) is 0 Å². The summed E-state index contributed by atoms with van der Waals surface area (Å²) in [7, 11) is 0. The predicted molar refractivity (Wildman–Crippen MR) is 71.8 cm³/mol. The lowest BCUT2D eigenvalue weighted by atomic mass is 9.91. The Morgan fingerprint density at radius 2 is 1.69 bits per heavy atom. The van der Waals surface area contributed by atoms with E-state index in [0.717, 1.165) is 6.42 Å². The van der Waals surface area contributed by atoms with E-state index in [1.807, 2.05) is 0 Å². The minimum Gasteiger partial charge on any atom is -0.309 e. The van der Waals surface area contributed by atoms with Gasteiger partial charge in [0.2, 0.25) is 0 Å². The molecule has 2 atom stereocenters. The molecule has 0 bridgehead atoms. The van der Waals surface area contributed by atoms with Gasteiger partial charge in [-0.15, -0.1) is 0 Å². The second-order valence-corrected chi connectivity index (χ2v) is 5.37. The van der Waals surface area contributed by atoms with Gasteiger partial charge in [0.05, 0.1) is 0 Å². The maximum Gasteiger partial charge on any atom is 0.0125 e. The van der Waals surface area contributed by atoms with Gasteiger partial charge in [0.25, 0.3) is 0 Å². The molecule has 16 heavy (non-hydrogen) atoms. The van der Waals surface area contributed by atoms with Gasteiger partial charge >= 0.3 is 0 Å². The second kappa shape index (κ2) is 5.49. The van der Waals surface area contributed by atoms with Crippen molar-refractivity contribution in [1.82, 2.24) is 5.32 Å². The third-order valence-electron chi connectivity index (χ3n) is 3.58. The quantitative estimate of drug-likeness (QED) is 0.790. The Morgan fingerprint density at radius 1 is 1.12 bits per heavy atom. The van der Waals surface area contributed by atoms with Crippen molar-refractivity contribution in [1.29, 1.82) is 0 Å². The van der Waals surface area contributed by atoms with Gasteiger partial charge in [-0.1, -0.05) is 44.2 Å². The average molecular weight is 219 g/mol. The maximum absolute atomic E-state index is 3.70. The summed E-state index contributed by atoms with van der Waals surface area (Å²) in [6.07, 6.45) is 1.15. The summed E-state index contributed by atoms with van der Waals surface area (Å²) in [5.41, 5.74) is 1.64. The first-order valence-electron chi connectivity index (χ1n) is 6.29. The molecule has 0 heterocycles. The zero-order valence-electron chi connectivity index (χ0n) is 11.2. The first-order chi connectivity index (χ1) is 7.46. The maximum atomic E-state index is 3.70. The van der Waals surface area contributed by atoms with Crippen molar-refractivity contribution in [2.24, 2.45) is 0 Å². The monoisotopic (exact) mass is 219 g/mol. The lowest BCUT2D eigenvalue weighted by molar-refractivity contribution is 0.313. The molecule has 1 aromatic carbocycles. The van der Waals surface area contributed by atoms with Gasteiger partial charge in [-0.25, -0.2) is 0 Å². The number of hydrogen-bond acceptors (Lipinski definition) is 1. The van der Waals surface area contributed by atoms with Gasteiger partial charge in [-0.2, -0.15) is 0 Å². The van der Waals surface area contributed by atoms with E-state index >= 15 is 0 Å². The van der Waals surface area contributed by atoms with Crippen LogP contribution in [0.1, 0.15) is 52.5 Å². The largest absolute Gasteiger partial charge is 0.309 e. The molecule has 0 spiro atoms. The minimum absolute atomic E-state index is 0.225. The third kappa shape index (κ3) is 3.64. The van der Waals surface area contributed by atoms with Crippen molar-refractivity contribution in [2.45, 2.75) is 58.5 Å². The topological polar surface area (TPSA) is 12.0 Å². The van der Waals surface area contributed by atoms with Crippen LogP contribution >= 0.6 is 0 Å². The van der Waals surface area contributed by atoms with Gasteiger partial charge in [-0.05, 0) is 38.7 Å². The molecule has 0 aromatic heterocycles. The summed E-state index contributed by atoms with van der Waals surface area (Å²) in [6, 6.07) is 11.2. The number of benzene rings is 1. The zero-order chi connectivity index (χ0) is 12.2. The Hall–Kier alpha value is -0.820. The van der Waals surface area contributed by atoms with Crippen LogP contribution in [0.15, 0.2) is 30.3 Å². The molecule has 0 amide bonds. The fourth-order valence-electron chi connectivity index (χ4n) is 1.89. The summed E-state index contributed by atoms with van der Waals surface area (Å²) < 4.78 is 0. The lowest BCUT2D eigenvalue weighted by Gasteiger charge is -2.32. The summed E-state index contributed by atoms with van der Waals surface area (Å²) in [5, 5.41) is 3.70. The molecule has 0 saturated heterocycles. The van der Waals surface area contributed by atoms with Crippen LogP contribution in [-0.4, -0.2) is 11.6 Å². The minimum atomic E-state index is 0.225. The SMILES string of the molecule is CCC(C)(C)NC(C)C(C)c1ccccc1. The Bertz CT molecular complexity index is 302. The third-order valence-corrected chi connectivity index (χ3v) is 3.58. The summed E-state index contributed by atoms with van der Waals surface area (Å²) in [5.74, 6) is 0.548. The molecule has 1 aromatic rings. The molecule has 1 rings (SSSR count). The Morgan fingerprint density at radius 3 is 2.19 bits per heavy atom. The fourth-order valence-corrected chi connectivity index (χ4v) is 1.89. The Balaban J connectivity index is 2.65. The normalized spacial score (nSPS) is 15.8.